The molecule has 0 bridgehead atoms. The van der Waals surface area contributed by atoms with Gasteiger partial charge in [0.05, 0.1) is 12.1 Å². The Balaban J connectivity index is 1.41. The van der Waals surface area contributed by atoms with E-state index < -0.39 is 6.10 Å². The third kappa shape index (κ3) is 3.06. The molecule has 0 spiro atoms. The zero-order valence-electron chi connectivity index (χ0n) is 14.0. The minimum atomic E-state index is -0.414. The van der Waals surface area contributed by atoms with Gasteiger partial charge >= 0.3 is 0 Å². The third-order valence-electron chi connectivity index (χ3n) is 5.59. The van der Waals surface area contributed by atoms with Crippen LogP contribution in [0.4, 0.5) is 0 Å². The number of nitrogens with one attached hydrogen (secondary N) is 2. The highest BCUT2D eigenvalue weighted by Gasteiger charge is 2.41. The lowest BCUT2D eigenvalue weighted by atomic mass is 9.77. The lowest BCUT2D eigenvalue weighted by Crippen LogP contribution is -2.48. The first-order valence-corrected chi connectivity index (χ1v) is 8.82. The molecule has 1 aromatic heterocycles. The number of aliphatic hydroxyl groups is 1. The van der Waals surface area contributed by atoms with Gasteiger partial charge in [-0.3, -0.25) is 9.69 Å². The highest BCUT2D eigenvalue weighted by Crippen LogP contribution is 2.37. The minimum Gasteiger partial charge on any atom is -0.391 e. The standard InChI is InChI=1S/C19H25N3O2/c1-12(23)20-18-7-14-9-22(10-15(14)8-19(18)24)11-16-6-13-4-2-3-5-17(13)21-16/h2-6,14-15,18-19,21,24H,7-11H2,1H3,(H,20,23)/t14-,15+,18-,19-/m1/s1. The van der Waals surface area contributed by atoms with Gasteiger partial charge in [-0.1, -0.05) is 18.2 Å². The van der Waals surface area contributed by atoms with Crippen LogP contribution in [-0.4, -0.2) is 46.1 Å². The monoisotopic (exact) mass is 327 g/mol. The van der Waals surface area contributed by atoms with Crippen molar-refractivity contribution in [2.75, 3.05) is 13.1 Å². The summed E-state index contributed by atoms with van der Waals surface area (Å²) in [6.45, 7) is 4.52. The fraction of sp³-hybridized carbons (Fsp3) is 0.526. The number of H-pyrrole nitrogens is 1. The summed E-state index contributed by atoms with van der Waals surface area (Å²) >= 11 is 0. The number of likely N-dealkylation sites (tertiary alicyclic amines) is 1. The van der Waals surface area contributed by atoms with Crippen LogP contribution in [-0.2, 0) is 11.3 Å². The molecular weight excluding hydrogens is 302 g/mol. The Labute approximate surface area is 142 Å². The molecule has 5 heteroatoms. The highest BCUT2D eigenvalue weighted by molar-refractivity contribution is 5.80. The van der Waals surface area contributed by atoms with Crippen LogP contribution in [0.2, 0.25) is 0 Å². The van der Waals surface area contributed by atoms with Crippen molar-refractivity contribution in [2.24, 2.45) is 11.8 Å². The summed E-state index contributed by atoms with van der Waals surface area (Å²) in [4.78, 5) is 17.3. The van der Waals surface area contributed by atoms with E-state index in [1.54, 1.807) is 0 Å². The average molecular weight is 327 g/mol. The third-order valence-corrected chi connectivity index (χ3v) is 5.59. The lowest BCUT2D eigenvalue weighted by Gasteiger charge is -2.35. The van der Waals surface area contributed by atoms with Crippen LogP contribution in [0.25, 0.3) is 10.9 Å². The second-order valence-corrected chi connectivity index (χ2v) is 7.44. The normalized spacial score (nSPS) is 30.4. The summed E-state index contributed by atoms with van der Waals surface area (Å²) in [7, 11) is 0. The SMILES string of the molecule is CC(=O)N[C@@H]1C[C@@H]2CN(Cc3cc4ccccc4[nH]3)C[C@@H]2C[C@H]1O. The Morgan fingerprint density at radius 2 is 2.04 bits per heavy atom. The molecule has 1 saturated carbocycles. The second kappa shape index (κ2) is 6.22. The molecule has 0 unspecified atom stereocenters. The van der Waals surface area contributed by atoms with Gasteiger partial charge in [-0.15, -0.1) is 0 Å². The summed E-state index contributed by atoms with van der Waals surface area (Å²) in [5.41, 5.74) is 2.43. The fourth-order valence-corrected chi connectivity index (χ4v) is 4.53. The largest absolute Gasteiger partial charge is 0.391 e. The van der Waals surface area contributed by atoms with E-state index in [1.165, 1.54) is 23.5 Å². The van der Waals surface area contributed by atoms with Crippen LogP contribution in [0.3, 0.4) is 0 Å². The van der Waals surface area contributed by atoms with E-state index in [0.717, 1.165) is 32.5 Å². The lowest BCUT2D eigenvalue weighted by molar-refractivity contribution is -0.121. The molecular formula is C19H25N3O2. The van der Waals surface area contributed by atoms with Gasteiger partial charge in [0.15, 0.2) is 0 Å². The fourth-order valence-electron chi connectivity index (χ4n) is 4.53. The number of nitrogens with zero attached hydrogens (tertiary/aromatic N) is 1. The summed E-state index contributed by atoms with van der Waals surface area (Å²) in [6, 6.07) is 10.5. The molecule has 3 N–H and O–H groups in total. The van der Waals surface area contributed by atoms with Crippen molar-refractivity contribution in [3.63, 3.8) is 0 Å². The number of hydrogen-bond donors (Lipinski definition) is 3. The molecule has 1 aromatic carbocycles. The molecule has 1 amide bonds. The molecule has 4 atom stereocenters. The van der Waals surface area contributed by atoms with E-state index in [0.29, 0.717) is 11.8 Å². The summed E-state index contributed by atoms with van der Waals surface area (Å²) in [5, 5.41) is 14.5. The molecule has 5 nitrogen and oxygen atoms in total. The predicted molar refractivity (Wildman–Crippen MR) is 93.4 cm³/mol. The number of fused-ring (bicyclic) bond motifs is 2. The van der Waals surface area contributed by atoms with E-state index in [2.05, 4.69) is 45.5 Å². The van der Waals surface area contributed by atoms with Gasteiger partial charge in [0, 0.05) is 37.8 Å². The molecule has 24 heavy (non-hydrogen) atoms. The molecule has 2 fully saturated rings. The zero-order valence-corrected chi connectivity index (χ0v) is 14.0. The summed E-state index contributed by atoms with van der Waals surface area (Å²) in [5.74, 6) is 1.05. The van der Waals surface area contributed by atoms with Crippen LogP contribution in [0, 0.1) is 11.8 Å². The summed E-state index contributed by atoms with van der Waals surface area (Å²) in [6.07, 6.45) is 1.26. The molecule has 0 radical (unpaired) electrons. The number of aliphatic hydroxyl groups excluding tert-OH is 1. The molecule has 128 valence electrons. The van der Waals surface area contributed by atoms with Gasteiger partial charge in [-0.2, -0.15) is 0 Å². The molecule has 2 aliphatic rings. The van der Waals surface area contributed by atoms with Gasteiger partial charge in [-0.25, -0.2) is 0 Å². The Morgan fingerprint density at radius 1 is 1.29 bits per heavy atom. The van der Waals surface area contributed by atoms with Crippen molar-refractivity contribution in [1.29, 1.82) is 0 Å². The van der Waals surface area contributed by atoms with Crippen molar-refractivity contribution in [3.8, 4) is 0 Å². The topological polar surface area (TPSA) is 68.4 Å². The first-order valence-electron chi connectivity index (χ1n) is 8.82. The highest BCUT2D eigenvalue weighted by atomic mass is 16.3. The van der Waals surface area contributed by atoms with Crippen LogP contribution < -0.4 is 5.32 Å². The average Bonchev–Trinajstić information content (AvgIpc) is 3.09. The maximum Gasteiger partial charge on any atom is 0.217 e. The maximum absolute atomic E-state index is 11.3. The van der Waals surface area contributed by atoms with Gasteiger partial charge in [0.25, 0.3) is 0 Å². The molecule has 1 saturated heterocycles. The van der Waals surface area contributed by atoms with Gasteiger partial charge in [-0.05, 0) is 42.2 Å². The number of benzene rings is 1. The number of carbonyl (C=O) groups excluding carboxylic acids is 1. The Hall–Kier alpha value is -1.85. The van der Waals surface area contributed by atoms with Crippen LogP contribution in [0.1, 0.15) is 25.5 Å². The number of rotatable bonds is 3. The first kappa shape index (κ1) is 15.7. The van der Waals surface area contributed by atoms with Gasteiger partial charge in [0.2, 0.25) is 5.91 Å². The number of para-hydroxylation sites is 1. The van der Waals surface area contributed by atoms with Crippen LogP contribution in [0.15, 0.2) is 30.3 Å². The van der Waals surface area contributed by atoms with E-state index >= 15 is 0 Å². The van der Waals surface area contributed by atoms with Gasteiger partial charge < -0.3 is 15.4 Å². The molecule has 2 aromatic rings. The van der Waals surface area contributed by atoms with Crippen LogP contribution in [0.5, 0.6) is 0 Å². The Kier molecular flexibility index (Phi) is 4.06. The smallest absolute Gasteiger partial charge is 0.217 e. The number of carbonyl (C=O) groups is 1. The quantitative estimate of drug-likeness (QED) is 0.806. The number of aromatic amines is 1. The van der Waals surface area contributed by atoms with Crippen molar-refractivity contribution >= 4 is 16.8 Å². The number of aromatic nitrogens is 1. The van der Waals surface area contributed by atoms with Gasteiger partial charge in [0.1, 0.15) is 0 Å². The predicted octanol–water partition coefficient (Wildman–Crippen LogP) is 1.88. The molecule has 1 aliphatic carbocycles. The van der Waals surface area contributed by atoms with E-state index in [4.69, 9.17) is 0 Å². The Bertz CT molecular complexity index is 708. The van der Waals surface area contributed by atoms with Crippen molar-refractivity contribution < 1.29 is 9.90 Å². The minimum absolute atomic E-state index is 0.0505. The van der Waals surface area contributed by atoms with Crippen molar-refractivity contribution in [1.82, 2.24) is 15.2 Å². The number of hydrogen-bond acceptors (Lipinski definition) is 3. The molecule has 4 rings (SSSR count). The first-order chi connectivity index (χ1) is 11.6. The summed E-state index contributed by atoms with van der Waals surface area (Å²) < 4.78 is 0. The van der Waals surface area contributed by atoms with Crippen molar-refractivity contribution in [3.05, 3.63) is 36.0 Å². The van der Waals surface area contributed by atoms with Crippen molar-refractivity contribution in [2.45, 2.75) is 38.5 Å². The Morgan fingerprint density at radius 3 is 2.79 bits per heavy atom. The molecule has 1 aliphatic heterocycles. The zero-order chi connectivity index (χ0) is 16.7. The van der Waals surface area contributed by atoms with E-state index in [1.807, 2.05) is 0 Å². The van der Waals surface area contributed by atoms with E-state index in [9.17, 15) is 9.90 Å². The maximum atomic E-state index is 11.3. The number of amides is 1. The van der Waals surface area contributed by atoms with Crippen LogP contribution >= 0.6 is 0 Å². The second-order valence-electron chi connectivity index (χ2n) is 7.44. The van der Waals surface area contributed by atoms with E-state index in [-0.39, 0.29) is 11.9 Å². The molecule has 2 heterocycles.